The van der Waals surface area contributed by atoms with Gasteiger partial charge in [0, 0.05) is 5.92 Å². The van der Waals surface area contributed by atoms with E-state index < -0.39 is 11.9 Å². The van der Waals surface area contributed by atoms with Gasteiger partial charge >= 0.3 is 11.9 Å². The summed E-state index contributed by atoms with van der Waals surface area (Å²) in [5.74, 6) is -1.03. The summed E-state index contributed by atoms with van der Waals surface area (Å²) >= 11 is 1.00. The summed E-state index contributed by atoms with van der Waals surface area (Å²) in [5, 5.41) is 2.98. The second-order valence-electron chi connectivity index (χ2n) is 6.42. The van der Waals surface area contributed by atoms with E-state index >= 15 is 0 Å². The average molecular weight is 419 g/mol. The van der Waals surface area contributed by atoms with Gasteiger partial charge in [-0.05, 0) is 31.5 Å². The highest BCUT2D eigenvalue weighted by molar-refractivity contribution is 7.18. The number of hydrogen-bond donors (Lipinski definition) is 1. The maximum atomic E-state index is 12.5. The molecule has 0 saturated heterocycles. The predicted octanol–water partition coefficient (Wildman–Crippen LogP) is 4.06. The van der Waals surface area contributed by atoms with Crippen LogP contribution in [-0.4, -0.2) is 37.7 Å². The topological polar surface area (TPSA) is 90.9 Å². The maximum Gasteiger partial charge on any atom is 0.348 e. The van der Waals surface area contributed by atoms with Crippen LogP contribution in [-0.2, 0) is 14.3 Å². The van der Waals surface area contributed by atoms with Gasteiger partial charge in [-0.1, -0.05) is 32.0 Å². The lowest BCUT2D eigenvalue weighted by molar-refractivity contribution is -0.118. The molecule has 156 valence electrons. The third-order valence-corrected chi connectivity index (χ3v) is 5.09. The lowest BCUT2D eigenvalue weighted by atomic mass is 10.1. The zero-order valence-electron chi connectivity index (χ0n) is 16.9. The van der Waals surface area contributed by atoms with Crippen LogP contribution in [0.25, 0.3) is 0 Å². The Labute approximate surface area is 174 Å². The summed E-state index contributed by atoms with van der Waals surface area (Å²) in [6, 6.07) is 9.19. The van der Waals surface area contributed by atoms with Crippen LogP contribution < -0.4 is 10.1 Å². The van der Waals surface area contributed by atoms with Crippen molar-refractivity contribution in [1.82, 2.24) is 0 Å². The van der Waals surface area contributed by atoms with Crippen LogP contribution in [0.4, 0.5) is 5.00 Å². The largest absolute Gasteiger partial charge is 0.490 e. The van der Waals surface area contributed by atoms with Crippen molar-refractivity contribution >= 4 is 34.2 Å². The second-order valence-corrected chi connectivity index (χ2v) is 7.44. The Balaban J connectivity index is 2.10. The summed E-state index contributed by atoms with van der Waals surface area (Å²) in [6.45, 7) is 7.22. The summed E-state index contributed by atoms with van der Waals surface area (Å²) in [4.78, 5) is 37.2. The molecule has 1 amide bonds. The van der Waals surface area contributed by atoms with Gasteiger partial charge in [-0.3, -0.25) is 4.79 Å². The van der Waals surface area contributed by atoms with E-state index in [1.54, 1.807) is 39.8 Å². The zero-order valence-corrected chi connectivity index (χ0v) is 17.8. The molecule has 0 fully saturated rings. The number of esters is 2. The first kappa shape index (κ1) is 22.4. The number of hydrogen-bond acceptors (Lipinski definition) is 7. The molecule has 0 atom stereocenters. The fourth-order valence-electron chi connectivity index (χ4n) is 2.38. The molecule has 0 radical (unpaired) electrons. The molecule has 1 heterocycles. The van der Waals surface area contributed by atoms with E-state index in [1.165, 1.54) is 0 Å². The Morgan fingerprint density at radius 2 is 1.72 bits per heavy atom. The monoisotopic (exact) mass is 419 g/mol. The average Bonchev–Trinajstić information content (AvgIpc) is 3.02. The number of rotatable bonds is 9. The Hall–Kier alpha value is -2.87. The van der Waals surface area contributed by atoms with Crippen molar-refractivity contribution in [3.63, 3.8) is 0 Å². The van der Waals surface area contributed by atoms with Crippen molar-refractivity contribution in [2.75, 3.05) is 25.1 Å². The molecule has 0 aliphatic carbocycles. The minimum Gasteiger partial charge on any atom is -0.490 e. The van der Waals surface area contributed by atoms with Crippen molar-refractivity contribution in [2.45, 2.75) is 27.7 Å². The highest BCUT2D eigenvalue weighted by Gasteiger charge is 2.27. The fraction of sp³-hybridized carbons (Fsp3) is 0.381. The van der Waals surface area contributed by atoms with E-state index in [-0.39, 0.29) is 47.1 Å². The van der Waals surface area contributed by atoms with Crippen molar-refractivity contribution in [1.29, 1.82) is 0 Å². The SMILES string of the molecule is CCOC(=O)c1c(NC(=O)C(C)C)sc(C(=O)OCCOc2ccccc2)c1C. The molecule has 2 aromatic rings. The number of para-hydroxylation sites is 1. The van der Waals surface area contributed by atoms with Gasteiger partial charge in [-0.15, -0.1) is 11.3 Å². The highest BCUT2D eigenvalue weighted by Crippen LogP contribution is 2.34. The van der Waals surface area contributed by atoms with Gasteiger partial charge in [-0.25, -0.2) is 9.59 Å². The number of carbonyl (C=O) groups excluding carboxylic acids is 3. The molecule has 0 spiro atoms. The molecular weight excluding hydrogens is 394 g/mol. The van der Waals surface area contributed by atoms with Gasteiger partial charge in [0.15, 0.2) is 0 Å². The normalized spacial score (nSPS) is 10.5. The Morgan fingerprint density at radius 1 is 1.03 bits per heavy atom. The van der Waals surface area contributed by atoms with Crippen LogP contribution in [0.3, 0.4) is 0 Å². The molecule has 1 N–H and O–H groups in total. The van der Waals surface area contributed by atoms with E-state index in [0.717, 1.165) is 11.3 Å². The van der Waals surface area contributed by atoms with Gasteiger partial charge in [0.2, 0.25) is 5.91 Å². The van der Waals surface area contributed by atoms with Crippen molar-refractivity contribution in [3.8, 4) is 5.75 Å². The Bertz CT molecular complexity index is 860. The van der Waals surface area contributed by atoms with E-state index in [1.807, 2.05) is 18.2 Å². The highest BCUT2D eigenvalue weighted by atomic mass is 32.1. The number of ether oxygens (including phenoxy) is 3. The molecule has 0 aliphatic rings. The molecule has 7 nitrogen and oxygen atoms in total. The molecule has 0 bridgehead atoms. The van der Waals surface area contributed by atoms with E-state index in [2.05, 4.69) is 5.32 Å². The van der Waals surface area contributed by atoms with E-state index in [4.69, 9.17) is 14.2 Å². The van der Waals surface area contributed by atoms with Crippen LogP contribution in [0, 0.1) is 12.8 Å². The third kappa shape index (κ3) is 6.05. The summed E-state index contributed by atoms with van der Waals surface area (Å²) in [5.41, 5.74) is 0.597. The van der Waals surface area contributed by atoms with Crippen LogP contribution in [0.2, 0.25) is 0 Å². The number of benzene rings is 1. The number of anilines is 1. The van der Waals surface area contributed by atoms with Gasteiger partial charge in [-0.2, -0.15) is 0 Å². The predicted molar refractivity (Wildman–Crippen MR) is 111 cm³/mol. The molecule has 29 heavy (non-hydrogen) atoms. The first-order valence-electron chi connectivity index (χ1n) is 9.31. The Morgan fingerprint density at radius 3 is 2.34 bits per heavy atom. The van der Waals surface area contributed by atoms with Gasteiger partial charge in [0.05, 0.1) is 12.2 Å². The molecule has 0 saturated carbocycles. The standard InChI is InChI=1S/C21H25NO6S/c1-5-26-20(24)16-14(4)17(29-19(16)22-18(23)13(2)3)21(25)28-12-11-27-15-9-7-6-8-10-15/h6-10,13H,5,11-12H2,1-4H3,(H,22,23). The third-order valence-electron chi connectivity index (χ3n) is 3.90. The smallest absolute Gasteiger partial charge is 0.348 e. The molecule has 1 aromatic heterocycles. The van der Waals surface area contributed by atoms with Gasteiger partial charge in [0.1, 0.15) is 28.8 Å². The lowest BCUT2D eigenvalue weighted by Crippen LogP contribution is -2.19. The van der Waals surface area contributed by atoms with Crippen molar-refractivity contribution in [3.05, 3.63) is 46.3 Å². The quantitative estimate of drug-likeness (QED) is 0.487. The van der Waals surface area contributed by atoms with Gasteiger partial charge < -0.3 is 19.5 Å². The minimum atomic E-state index is -0.591. The minimum absolute atomic E-state index is 0.0491. The van der Waals surface area contributed by atoms with Crippen molar-refractivity contribution in [2.24, 2.45) is 5.92 Å². The molecule has 8 heteroatoms. The number of thiophene rings is 1. The summed E-state index contributed by atoms with van der Waals surface area (Å²) in [6.07, 6.45) is 0. The number of amides is 1. The van der Waals surface area contributed by atoms with Crippen LogP contribution in [0.15, 0.2) is 30.3 Å². The number of nitrogens with one attached hydrogen (secondary N) is 1. The first-order chi connectivity index (χ1) is 13.8. The molecule has 2 rings (SSSR count). The molecular formula is C21H25NO6S. The van der Waals surface area contributed by atoms with Crippen molar-refractivity contribution < 1.29 is 28.6 Å². The van der Waals surface area contributed by atoms with Crippen LogP contribution in [0.5, 0.6) is 5.75 Å². The van der Waals surface area contributed by atoms with Crippen LogP contribution >= 0.6 is 11.3 Å². The first-order valence-corrected chi connectivity index (χ1v) is 10.1. The van der Waals surface area contributed by atoms with E-state index in [0.29, 0.717) is 11.3 Å². The Kier molecular flexibility index (Phi) is 8.21. The fourth-order valence-corrected chi connectivity index (χ4v) is 3.47. The zero-order chi connectivity index (χ0) is 21.4. The summed E-state index contributed by atoms with van der Waals surface area (Å²) in [7, 11) is 0. The summed E-state index contributed by atoms with van der Waals surface area (Å²) < 4.78 is 15.8. The molecule has 1 aromatic carbocycles. The second kappa shape index (κ2) is 10.6. The van der Waals surface area contributed by atoms with Crippen LogP contribution in [0.1, 0.15) is 46.4 Å². The maximum absolute atomic E-state index is 12.5. The molecule has 0 aliphatic heterocycles. The lowest BCUT2D eigenvalue weighted by Gasteiger charge is -2.08. The van der Waals surface area contributed by atoms with Gasteiger partial charge in [0.25, 0.3) is 0 Å². The van der Waals surface area contributed by atoms with E-state index in [9.17, 15) is 14.4 Å². The molecule has 0 unspecified atom stereocenters. The number of carbonyl (C=O) groups is 3.